The number of nitrogens with zero attached hydrogens (tertiary/aromatic N) is 2. The number of halogens is 6. The van der Waals surface area contributed by atoms with Gasteiger partial charge in [0.25, 0.3) is 0 Å². The van der Waals surface area contributed by atoms with Crippen LogP contribution in [0.25, 0.3) is 21.1 Å². The molecule has 0 aliphatic rings. The van der Waals surface area contributed by atoms with Crippen LogP contribution in [0.5, 0.6) is 23.0 Å². The molecule has 6 rings (SSSR count). The highest BCUT2D eigenvalue weighted by molar-refractivity contribution is 8.76. The normalized spacial score (nSPS) is 11.9. The van der Waals surface area contributed by atoms with E-state index in [4.69, 9.17) is 18.9 Å². The van der Waals surface area contributed by atoms with E-state index in [1.807, 2.05) is 52.0 Å². The molecule has 6 nitrogen and oxygen atoms in total. The molecule has 0 bridgehead atoms. The van der Waals surface area contributed by atoms with Crippen molar-refractivity contribution in [2.75, 3.05) is 14.2 Å². The molecule has 0 unspecified atom stereocenters. The average Bonchev–Trinajstić information content (AvgIpc) is 3.73. The first kappa shape index (κ1) is 41.3. The van der Waals surface area contributed by atoms with Gasteiger partial charge in [0.05, 0.1) is 46.5 Å². The van der Waals surface area contributed by atoms with Crippen molar-refractivity contribution in [1.82, 2.24) is 9.97 Å². The van der Waals surface area contributed by atoms with Gasteiger partial charge in [0.1, 0.15) is 23.2 Å². The highest BCUT2D eigenvalue weighted by Crippen LogP contribution is 2.47. The van der Waals surface area contributed by atoms with Crippen molar-refractivity contribution in [3.63, 3.8) is 0 Å². The van der Waals surface area contributed by atoms with Crippen molar-refractivity contribution in [2.45, 2.75) is 63.1 Å². The fourth-order valence-corrected chi connectivity index (χ4v) is 9.81. The number of hydrogen-bond donors (Lipinski definition) is 0. The molecule has 0 radical (unpaired) electrons. The molecule has 0 aliphatic heterocycles. The molecule has 0 amide bonds. The van der Waals surface area contributed by atoms with Gasteiger partial charge in [0, 0.05) is 20.9 Å². The number of rotatable bonds is 13. The molecule has 2 aromatic heterocycles. The van der Waals surface area contributed by atoms with E-state index in [2.05, 4.69) is 9.97 Å². The second-order valence-corrected chi connectivity index (χ2v) is 16.9. The number of methoxy groups -OCH3 is 2. The monoisotopic (exact) mass is 848 g/mol. The minimum atomic E-state index is -4.40. The van der Waals surface area contributed by atoms with Gasteiger partial charge in [-0.2, -0.15) is 26.3 Å². The SMILES string of the molecule is COc1cc(SSc2cc(OC)c(OCc3sc(-c4ccc(C(F)(F)F)cc4)nc3C)cc2C)c(C)cc1OCc1sc(-c2ccc(C(F)(F)F)cc2)nc1C. The zero-order valence-electron chi connectivity index (χ0n) is 30.8. The van der Waals surface area contributed by atoms with Crippen LogP contribution in [0.15, 0.2) is 82.6 Å². The summed E-state index contributed by atoms with van der Waals surface area (Å²) in [6.07, 6.45) is -8.81. The zero-order chi connectivity index (χ0) is 40.4. The highest BCUT2D eigenvalue weighted by Gasteiger charge is 2.31. The Morgan fingerprint density at radius 3 is 1.21 bits per heavy atom. The van der Waals surface area contributed by atoms with Crippen LogP contribution in [0.4, 0.5) is 26.3 Å². The Kier molecular flexibility index (Phi) is 12.5. The molecule has 56 heavy (non-hydrogen) atoms. The molecule has 0 saturated heterocycles. The van der Waals surface area contributed by atoms with Gasteiger partial charge in [0.15, 0.2) is 23.0 Å². The maximum absolute atomic E-state index is 13.0. The number of aromatic nitrogens is 2. The van der Waals surface area contributed by atoms with Crippen LogP contribution in [0.2, 0.25) is 0 Å². The van der Waals surface area contributed by atoms with E-state index in [1.165, 1.54) is 46.9 Å². The molecule has 0 fully saturated rings. The second kappa shape index (κ2) is 17.0. The molecule has 0 N–H and O–H groups in total. The molecule has 0 spiro atoms. The molecule has 294 valence electrons. The predicted octanol–water partition coefficient (Wildman–Crippen LogP) is 13.2. The quantitative estimate of drug-likeness (QED) is 0.0841. The van der Waals surface area contributed by atoms with E-state index < -0.39 is 23.5 Å². The number of aryl methyl sites for hydroxylation is 4. The third-order valence-corrected chi connectivity index (χ3v) is 13.6. The maximum Gasteiger partial charge on any atom is 0.416 e. The van der Waals surface area contributed by atoms with Gasteiger partial charge in [0.2, 0.25) is 0 Å². The topological polar surface area (TPSA) is 62.7 Å². The van der Waals surface area contributed by atoms with Crippen molar-refractivity contribution < 1.29 is 45.3 Å². The fraction of sp³-hybridized carbons (Fsp3) is 0.250. The number of alkyl halides is 6. The van der Waals surface area contributed by atoms with Gasteiger partial charge in [-0.25, -0.2) is 9.97 Å². The van der Waals surface area contributed by atoms with Crippen LogP contribution in [-0.4, -0.2) is 24.2 Å². The molecular formula is C40H34F6N2O4S4. The lowest BCUT2D eigenvalue weighted by Crippen LogP contribution is -2.03. The summed E-state index contributed by atoms with van der Waals surface area (Å²) in [5.41, 5.74) is 3.17. The van der Waals surface area contributed by atoms with Gasteiger partial charge < -0.3 is 18.9 Å². The van der Waals surface area contributed by atoms with Crippen molar-refractivity contribution >= 4 is 44.3 Å². The van der Waals surface area contributed by atoms with Gasteiger partial charge in [-0.05, 0) is 87.4 Å². The molecule has 4 aromatic carbocycles. The molecule has 0 atom stereocenters. The minimum absolute atomic E-state index is 0.206. The summed E-state index contributed by atoms with van der Waals surface area (Å²) >= 11 is 2.73. The van der Waals surface area contributed by atoms with Gasteiger partial charge >= 0.3 is 12.4 Å². The molecule has 6 aromatic rings. The van der Waals surface area contributed by atoms with Crippen LogP contribution in [0.3, 0.4) is 0 Å². The molecule has 2 heterocycles. The first-order chi connectivity index (χ1) is 26.5. The van der Waals surface area contributed by atoms with Gasteiger partial charge in [-0.3, -0.25) is 0 Å². The summed E-state index contributed by atoms with van der Waals surface area (Å²) in [5.74, 6) is 2.18. The van der Waals surface area contributed by atoms with E-state index in [-0.39, 0.29) is 13.2 Å². The van der Waals surface area contributed by atoms with Gasteiger partial charge in [-0.1, -0.05) is 45.9 Å². The lowest BCUT2D eigenvalue weighted by molar-refractivity contribution is -0.138. The lowest BCUT2D eigenvalue weighted by Gasteiger charge is -2.16. The number of benzene rings is 4. The molecule has 0 saturated carbocycles. The van der Waals surface area contributed by atoms with Crippen LogP contribution >= 0.6 is 44.3 Å². The number of ether oxygens (including phenoxy) is 4. The summed E-state index contributed by atoms with van der Waals surface area (Å²) in [5, 5.41) is 1.22. The third kappa shape index (κ3) is 9.59. The maximum atomic E-state index is 13.0. The third-order valence-electron chi connectivity index (χ3n) is 8.56. The summed E-state index contributed by atoms with van der Waals surface area (Å²) in [6, 6.07) is 17.5. The average molecular weight is 849 g/mol. The Morgan fingerprint density at radius 1 is 0.536 bits per heavy atom. The van der Waals surface area contributed by atoms with Crippen molar-refractivity contribution in [3.8, 4) is 44.1 Å². The standard InChI is InChI=1S/C40H34F6N2O4S4/c1-21-15-31(51-19-35-23(3)47-37(53-35)25-7-11-27(12-8-25)39(41,42)43)29(49-5)17-33(21)55-56-34-18-30(50-6)32(16-22(34)2)52-20-36-24(4)48-38(54-36)26-9-13-28(14-10-26)40(44,45)46/h7-18H,19-20H2,1-6H3. The van der Waals surface area contributed by atoms with Gasteiger partial charge in [-0.15, -0.1) is 22.7 Å². The zero-order valence-corrected chi connectivity index (χ0v) is 34.0. The molecular weight excluding hydrogens is 815 g/mol. The van der Waals surface area contributed by atoms with E-state index in [0.29, 0.717) is 44.1 Å². The van der Waals surface area contributed by atoms with Crippen LogP contribution in [-0.2, 0) is 25.6 Å². The first-order valence-electron chi connectivity index (χ1n) is 16.8. The Hall–Kier alpha value is -4.38. The largest absolute Gasteiger partial charge is 0.493 e. The molecule has 0 aliphatic carbocycles. The first-order valence-corrected chi connectivity index (χ1v) is 20.6. The van der Waals surface area contributed by atoms with E-state index in [9.17, 15) is 26.3 Å². The Bertz CT molecular complexity index is 2160. The Labute approximate surface area is 335 Å². The summed E-state index contributed by atoms with van der Waals surface area (Å²) in [7, 11) is 6.23. The Morgan fingerprint density at radius 2 is 0.893 bits per heavy atom. The summed E-state index contributed by atoms with van der Waals surface area (Å²) < 4.78 is 102. The second-order valence-electron chi connectivity index (χ2n) is 12.5. The minimum Gasteiger partial charge on any atom is -0.493 e. The Balaban J connectivity index is 1.09. The van der Waals surface area contributed by atoms with Crippen molar-refractivity contribution in [2.24, 2.45) is 0 Å². The number of hydrogen-bond acceptors (Lipinski definition) is 10. The lowest BCUT2D eigenvalue weighted by atomic mass is 10.1. The molecule has 16 heteroatoms. The van der Waals surface area contributed by atoms with E-state index >= 15 is 0 Å². The van der Waals surface area contributed by atoms with Crippen LogP contribution < -0.4 is 18.9 Å². The fourth-order valence-electron chi connectivity index (χ4n) is 5.36. The summed E-state index contributed by atoms with van der Waals surface area (Å²) in [4.78, 5) is 12.7. The van der Waals surface area contributed by atoms with E-state index in [1.54, 1.807) is 35.8 Å². The summed E-state index contributed by atoms with van der Waals surface area (Å²) in [6.45, 7) is 8.04. The predicted molar refractivity (Wildman–Crippen MR) is 210 cm³/mol. The highest BCUT2D eigenvalue weighted by atomic mass is 33.1. The van der Waals surface area contributed by atoms with Crippen molar-refractivity contribution in [3.05, 3.63) is 116 Å². The smallest absolute Gasteiger partial charge is 0.416 e. The van der Waals surface area contributed by atoms with E-state index in [0.717, 1.165) is 66.3 Å². The van der Waals surface area contributed by atoms with Crippen LogP contribution in [0.1, 0.15) is 43.4 Å². The number of thiazole rings is 2. The van der Waals surface area contributed by atoms with Crippen LogP contribution in [0, 0.1) is 27.7 Å². The van der Waals surface area contributed by atoms with Crippen molar-refractivity contribution in [1.29, 1.82) is 0 Å².